The van der Waals surface area contributed by atoms with Crippen molar-refractivity contribution in [1.29, 1.82) is 0 Å². The Kier molecular flexibility index (Phi) is 5.63. The second kappa shape index (κ2) is 7.87. The van der Waals surface area contributed by atoms with E-state index < -0.39 is 11.9 Å². The Bertz CT molecular complexity index is 791. The van der Waals surface area contributed by atoms with E-state index in [1.54, 1.807) is 24.3 Å². The van der Waals surface area contributed by atoms with Crippen LogP contribution in [-0.4, -0.2) is 17.7 Å². The molecule has 2 rings (SSSR count). The molecule has 0 radical (unpaired) electrons. The average molecular weight is 324 g/mol. The number of allylic oxidation sites excluding steroid dienone is 1. The minimum Gasteiger partial charge on any atom is -0.427 e. The smallest absolute Gasteiger partial charge is 0.308 e. The highest BCUT2D eigenvalue weighted by Crippen LogP contribution is 2.26. The summed E-state index contributed by atoms with van der Waals surface area (Å²) >= 11 is 0. The van der Waals surface area contributed by atoms with Crippen LogP contribution in [0.2, 0.25) is 0 Å². The van der Waals surface area contributed by atoms with Crippen LogP contribution in [0.4, 0.5) is 0 Å². The van der Waals surface area contributed by atoms with Crippen molar-refractivity contribution in [2.45, 2.75) is 13.8 Å². The monoisotopic (exact) mass is 324 g/mol. The van der Waals surface area contributed by atoms with Crippen LogP contribution >= 0.6 is 0 Å². The summed E-state index contributed by atoms with van der Waals surface area (Å²) in [6.45, 7) is 2.57. The molecule has 0 spiro atoms. The quantitative estimate of drug-likeness (QED) is 0.365. The first kappa shape index (κ1) is 17.1. The molecule has 0 N–H and O–H groups in total. The molecule has 0 aliphatic rings. The summed E-state index contributed by atoms with van der Waals surface area (Å²) in [5, 5.41) is 0. The van der Waals surface area contributed by atoms with Gasteiger partial charge in [0, 0.05) is 25.0 Å². The van der Waals surface area contributed by atoms with Gasteiger partial charge in [0.1, 0.15) is 11.5 Å². The van der Waals surface area contributed by atoms with Gasteiger partial charge in [-0.3, -0.25) is 14.4 Å². The highest BCUT2D eigenvalue weighted by molar-refractivity contribution is 6.07. The molecule has 5 nitrogen and oxygen atoms in total. The third-order valence-electron chi connectivity index (χ3n) is 2.97. The summed E-state index contributed by atoms with van der Waals surface area (Å²) in [5.41, 5.74) is 0.993. The molecule has 5 heteroatoms. The molecule has 0 saturated carbocycles. The summed E-state index contributed by atoms with van der Waals surface area (Å²) in [4.78, 5) is 34.4. The summed E-state index contributed by atoms with van der Waals surface area (Å²) < 4.78 is 10.1. The lowest BCUT2D eigenvalue weighted by atomic mass is 10.1. The van der Waals surface area contributed by atoms with Gasteiger partial charge >= 0.3 is 11.9 Å². The van der Waals surface area contributed by atoms with E-state index in [4.69, 9.17) is 9.47 Å². The zero-order chi connectivity index (χ0) is 17.5. The number of carbonyl (C=O) groups is 3. The van der Waals surface area contributed by atoms with Crippen molar-refractivity contribution in [2.75, 3.05) is 0 Å². The fraction of sp³-hybridized carbons (Fsp3) is 0.105. The van der Waals surface area contributed by atoms with E-state index in [9.17, 15) is 14.4 Å². The van der Waals surface area contributed by atoms with Crippen molar-refractivity contribution in [3.05, 3.63) is 65.7 Å². The minimum atomic E-state index is -0.487. The number of carbonyl (C=O) groups excluding carboxylic acids is 3. The number of hydrogen-bond donors (Lipinski definition) is 0. The summed E-state index contributed by atoms with van der Waals surface area (Å²) in [7, 11) is 0. The Hall–Kier alpha value is -3.21. The molecule has 0 atom stereocenters. The van der Waals surface area contributed by atoms with Gasteiger partial charge in [-0.15, -0.1) is 0 Å². The fourth-order valence-corrected chi connectivity index (χ4v) is 2.00. The van der Waals surface area contributed by atoms with Crippen molar-refractivity contribution in [2.24, 2.45) is 0 Å². The van der Waals surface area contributed by atoms with Crippen LogP contribution in [0.25, 0.3) is 6.08 Å². The topological polar surface area (TPSA) is 69.7 Å². The minimum absolute atomic E-state index is 0.192. The van der Waals surface area contributed by atoms with Crippen molar-refractivity contribution in [1.82, 2.24) is 0 Å². The van der Waals surface area contributed by atoms with Crippen molar-refractivity contribution in [3.63, 3.8) is 0 Å². The molecule has 0 fully saturated rings. The van der Waals surface area contributed by atoms with Gasteiger partial charge < -0.3 is 9.47 Å². The standard InChI is InChI=1S/C19H16O5/c1-13(20)23-17-9-11-19(24-14(2)21)16(12-17)8-10-18(22)15-6-4-3-5-7-15/h3-12H,1-2H3/b10-8+. The predicted octanol–water partition coefficient (Wildman–Crippen LogP) is 3.43. The molecule has 0 saturated heterocycles. The molecule has 24 heavy (non-hydrogen) atoms. The molecule has 0 amide bonds. The molecule has 2 aromatic carbocycles. The Labute approximate surface area is 139 Å². The van der Waals surface area contributed by atoms with Crippen molar-refractivity contribution >= 4 is 23.8 Å². The van der Waals surface area contributed by atoms with E-state index in [0.717, 1.165) is 0 Å². The largest absolute Gasteiger partial charge is 0.427 e. The molecule has 0 bridgehead atoms. The molecule has 0 aliphatic heterocycles. The first-order valence-electron chi connectivity index (χ1n) is 7.24. The van der Waals surface area contributed by atoms with Gasteiger partial charge in [-0.2, -0.15) is 0 Å². The lowest BCUT2D eigenvalue weighted by Crippen LogP contribution is -2.05. The first-order chi connectivity index (χ1) is 11.5. The molecule has 2 aromatic rings. The summed E-state index contributed by atoms with van der Waals surface area (Å²) in [5.74, 6) is -0.576. The molecule has 122 valence electrons. The van der Waals surface area contributed by atoms with Crippen molar-refractivity contribution < 1.29 is 23.9 Å². The highest BCUT2D eigenvalue weighted by Gasteiger charge is 2.08. The zero-order valence-corrected chi connectivity index (χ0v) is 13.3. The maximum absolute atomic E-state index is 12.1. The van der Waals surface area contributed by atoms with E-state index in [1.165, 1.54) is 44.2 Å². The van der Waals surface area contributed by atoms with E-state index in [1.807, 2.05) is 6.07 Å². The van der Waals surface area contributed by atoms with Gasteiger partial charge in [0.25, 0.3) is 0 Å². The zero-order valence-electron chi connectivity index (χ0n) is 13.3. The first-order valence-corrected chi connectivity index (χ1v) is 7.24. The van der Waals surface area contributed by atoms with E-state index in [0.29, 0.717) is 16.9 Å². The van der Waals surface area contributed by atoms with Gasteiger partial charge in [-0.1, -0.05) is 30.3 Å². The number of ether oxygens (including phenoxy) is 2. The molecule has 0 aliphatic carbocycles. The average Bonchev–Trinajstić information content (AvgIpc) is 2.54. The summed E-state index contributed by atoms with van der Waals surface area (Å²) in [6.07, 6.45) is 2.88. The molecular formula is C19H16O5. The second-order valence-corrected chi connectivity index (χ2v) is 4.95. The van der Waals surface area contributed by atoms with Crippen LogP contribution in [0, 0.1) is 0 Å². The predicted molar refractivity (Wildman–Crippen MR) is 88.9 cm³/mol. The van der Waals surface area contributed by atoms with Crippen LogP contribution in [0.1, 0.15) is 29.8 Å². The fourth-order valence-electron chi connectivity index (χ4n) is 2.00. The van der Waals surface area contributed by atoms with Crippen LogP contribution in [-0.2, 0) is 9.59 Å². The van der Waals surface area contributed by atoms with Crippen molar-refractivity contribution in [3.8, 4) is 11.5 Å². The summed E-state index contributed by atoms with van der Waals surface area (Å²) in [6, 6.07) is 13.3. The maximum atomic E-state index is 12.1. The highest BCUT2D eigenvalue weighted by atomic mass is 16.5. The third kappa shape index (κ3) is 4.91. The third-order valence-corrected chi connectivity index (χ3v) is 2.97. The molecule has 0 unspecified atom stereocenters. The van der Waals surface area contributed by atoms with Crippen LogP contribution < -0.4 is 9.47 Å². The Morgan fingerprint density at radius 2 is 1.54 bits per heavy atom. The van der Waals surface area contributed by atoms with Crippen LogP contribution in [0.15, 0.2) is 54.6 Å². The van der Waals surface area contributed by atoms with Crippen LogP contribution in [0.3, 0.4) is 0 Å². The number of rotatable bonds is 5. The van der Waals surface area contributed by atoms with Gasteiger partial charge in [-0.25, -0.2) is 0 Å². The SMILES string of the molecule is CC(=O)Oc1ccc(OC(C)=O)c(/C=C/C(=O)c2ccccc2)c1. The number of ketones is 1. The second-order valence-electron chi connectivity index (χ2n) is 4.95. The van der Waals surface area contributed by atoms with E-state index >= 15 is 0 Å². The van der Waals surface area contributed by atoms with E-state index in [-0.39, 0.29) is 11.5 Å². The van der Waals surface area contributed by atoms with E-state index in [2.05, 4.69) is 0 Å². The number of esters is 2. The molecule has 0 heterocycles. The van der Waals surface area contributed by atoms with Gasteiger partial charge in [-0.05, 0) is 30.4 Å². The lowest BCUT2D eigenvalue weighted by Gasteiger charge is -2.08. The Morgan fingerprint density at radius 1 is 0.875 bits per heavy atom. The van der Waals surface area contributed by atoms with Gasteiger partial charge in [0.15, 0.2) is 5.78 Å². The molecule has 0 aromatic heterocycles. The molecular weight excluding hydrogens is 308 g/mol. The van der Waals surface area contributed by atoms with Crippen LogP contribution in [0.5, 0.6) is 11.5 Å². The normalized spacial score (nSPS) is 10.4. The number of hydrogen-bond acceptors (Lipinski definition) is 5. The Morgan fingerprint density at radius 3 is 2.17 bits per heavy atom. The van der Waals surface area contributed by atoms with Gasteiger partial charge in [0.2, 0.25) is 0 Å². The maximum Gasteiger partial charge on any atom is 0.308 e. The number of benzene rings is 2. The Balaban J connectivity index is 2.31. The van der Waals surface area contributed by atoms with Gasteiger partial charge in [0.05, 0.1) is 0 Å². The lowest BCUT2D eigenvalue weighted by molar-refractivity contribution is -0.133.